The van der Waals surface area contributed by atoms with E-state index in [1.165, 1.54) is 12.8 Å². The van der Waals surface area contributed by atoms with Gasteiger partial charge in [0.15, 0.2) is 11.8 Å². The second kappa shape index (κ2) is 7.25. The van der Waals surface area contributed by atoms with Gasteiger partial charge in [-0.2, -0.15) is 0 Å². The molecule has 1 N–H and O–H groups in total. The van der Waals surface area contributed by atoms with Gasteiger partial charge in [-0.25, -0.2) is 0 Å². The highest BCUT2D eigenvalue weighted by atomic mass is 35.5. The van der Waals surface area contributed by atoms with Crippen LogP contribution in [0.25, 0.3) is 0 Å². The van der Waals surface area contributed by atoms with Crippen LogP contribution in [0.2, 0.25) is 5.02 Å². The van der Waals surface area contributed by atoms with Gasteiger partial charge < -0.3 is 19.4 Å². The molecule has 0 unspecified atom stereocenters. The summed E-state index contributed by atoms with van der Waals surface area (Å²) in [5.41, 5.74) is 1.13. The molecule has 0 aliphatic carbocycles. The van der Waals surface area contributed by atoms with E-state index in [2.05, 4.69) is 30.0 Å². The molecule has 2 aromatic rings. The summed E-state index contributed by atoms with van der Waals surface area (Å²) in [4.78, 5) is 6.43. The predicted molar refractivity (Wildman–Crippen MR) is 95.0 cm³/mol. The topological polar surface area (TPSA) is 63.3 Å². The summed E-state index contributed by atoms with van der Waals surface area (Å²) < 4.78 is 4.25. The zero-order chi connectivity index (χ0) is 17.1. The van der Waals surface area contributed by atoms with E-state index < -0.39 is 0 Å². The van der Waals surface area contributed by atoms with E-state index in [-0.39, 0.29) is 0 Å². The van der Waals surface area contributed by atoms with Crippen molar-refractivity contribution in [2.45, 2.75) is 38.9 Å². The number of hydrogen-bond donors (Lipinski definition) is 1. The van der Waals surface area contributed by atoms with Crippen molar-refractivity contribution < 1.29 is 0 Å². The average Bonchev–Trinajstić information content (AvgIpc) is 3.11. The van der Waals surface area contributed by atoms with E-state index in [1.807, 2.05) is 30.9 Å². The van der Waals surface area contributed by atoms with Crippen LogP contribution in [-0.4, -0.2) is 44.3 Å². The molecule has 0 fully saturated rings. The number of nitrogens with zero attached hydrogens (tertiary/aromatic N) is 6. The highest BCUT2D eigenvalue weighted by molar-refractivity contribution is 6.30. The molecule has 0 saturated carbocycles. The third kappa shape index (κ3) is 3.56. The van der Waals surface area contributed by atoms with Gasteiger partial charge in [0.05, 0.1) is 18.1 Å². The second-order valence-corrected chi connectivity index (χ2v) is 6.60. The summed E-state index contributed by atoms with van der Waals surface area (Å²) in [5.74, 6) is 2.89. The maximum Gasteiger partial charge on any atom is 0.194 e. The summed E-state index contributed by atoms with van der Waals surface area (Å²) in [6.45, 7) is 2.36. The summed E-state index contributed by atoms with van der Waals surface area (Å²) in [6.07, 6.45) is 5.33. The molecule has 1 aliphatic heterocycles. The first-order chi connectivity index (χ1) is 11.6. The van der Waals surface area contributed by atoms with E-state index in [0.717, 1.165) is 47.8 Å². The molecular weight excluding hydrogens is 326 g/mol. The van der Waals surface area contributed by atoms with E-state index >= 15 is 0 Å². The largest absolute Gasteiger partial charge is 0.351 e. The van der Waals surface area contributed by atoms with Crippen LogP contribution in [0.5, 0.6) is 0 Å². The Bertz CT molecular complexity index is 731. The Labute approximate surface area is 147 Å². The number of aryl methyl sites for hydroxylation is 2. The maximum atomic E-state index is 6.06. The number of aliphatic imine (C=N–C) groups is 1. The molecule has 7 nitrogen and oxygen atoms in total. The lowest BCUT2D eigenvalue weighted by Crippen LogP contribution is -2.39. The normalized spacial score (nSPS) is 14.6. The van der Waals surface area contributed by atoms with E-state index in [9.17, 15) is 0 Å². The molecular formula is C16H24ClN7. The van der Waals surface area contributed by atoms with Gasteiger partial charge in [0, 0.05) is 46.0 Å². The molecule has 0 aromatic carbocycles. The Hall–Kier alpha value is -2.02. The Morgan fingerprint density at radius 2 is 2.25 bits per heavy atom. The fraction of sp³-hybridized carbons (Fsp3) is 0.562. The Balaban J connectivity index is 1.62. The quantitative estimate of drug-likeness (QED) is 0.675. The van der Waals surface area contributed by atoms with Gasteiger partial charge in [0.25, 0.3) is 0 Å². The molecule has 0 spiro atoms. The zero-order valence-electron chi connectivity index (χ0n) is 14.5. The molecule has 130 valence electrons. The van der Waals surface area contributed by atoms with Crippen LogP contribution in [0.15, 0.2) is 17.3 Å². The second-order valence-electron chi connectivity index (χ2n) is 6.16. The lowest BCUT2D eigenvalue weighted by Gasteiger charge is -2.22. The van der Waals surface area contributed by atoms with Crippen LogP contribution >= 0.6 is 11.6 Å². The minimum absolute atomic E-state index is 0.623. The van der Waals surface area contributed by atoms with Crippen molar-refractivity contribution in [1.29, 1.82) is 0 Å². The third-order valence-corrected chi connectivity index (χ3v) is 4.59. The van der Waals surface area contributed by atoms with Crippen molar-refractivity contribution in [2.75, 3.05) is 14.1 Å². The van der Waals surface area contributed by atoms with Crippen LogP contribution in [0.1, 0.15) is 30.2 Å². The summed E-state index contributed by atoms with van der Waals surface area (Å²) in [5, 5.41) is 12.7. The van der Waals surface area contributed by atoms with Crippen LogP contribution in [0.4, 0.5) is 0 Å². The smallest absolute Gasteiger partial charge is 0.194 e. The first-order valence-corrected chi connectivity index (χ1v) is 8.59. The fourth-order valence-corrected chi connectivity index (χ4v) is 3.36. The van der Waals surface area contributed by atoms with Crippen molar-refractivity contribution in [3.8, 4) is 0 Å². The van der Waals surface area contributed by atoms with Gasteiger partial charge in [-0.05, 0) is 18.9 Å². The Morgan fingerprint density at radius 3 is 2.96 bits per heavy atom. The van der Waals surface area contributed by atoms with Gasteiger partial charge in [-0.15, -0.1) is 10.2 Å². The highest BCUT2D eigenvalue weighted by Gasteiger charge is 2.16. The highest BCUT2D eigenvalue weighted by Crippen LogP contribution is 2.15. The molecule has 3 rings (SSSR count). The maximum absolute atomic E-state index is 6.06. The standard InChI is InChI=1S/C16H24ClN7/c1-18-16(23(3)11-13-8-12(17)10-22(13)2)19-9-15-21-20-14-6-4-5-7-24(14)15/h8,10H,4-7,9,11H2,1-3H3,(H,18,19). The van der Waals surface area contributed by atoms with Gasteiger partial charge in [0.2, 0.25) is 0 Å². The Morgan fingerprint density at radius 1 is 1.42 bits per heavy atom. The lowest BCUT2D eigenvalue weighted by molar-refractivity contribution is 0.456. The van der Waals surface area contributed by atoms with Crippen LogP contribution in [0.3, 0.4) is 0 Å². The molecule has 8 heteroatoms. The number of nitrogens with one attached hydrogen (secondary N) is 1. The number of guanidine groups is 1. The van der Waals surface area contributed by atoms with E-state index in [4.69, 9.17) is 11.6 Å². The van der Waals surface area contributed by atoms with Crippen LogP contribution in [0, 0.1) is 0 Å². The van der Waals surface area contributed by atoms with Crippen molar-refractivity contribution in [3.05, 3.63) is 34.6 Å². The van der Waals surface area contributed by atoms with Gasteiger partial charge in [-0.3, -0.25) is 4.99 Å². The summed E-state index contributed by atoms with van der Waals surface area (Å²) in [6, 6.07) is 1.97. The van der Waals surface area contributed by atoms with E-state index in [0.29, 0.717) is 6.54 Å². The van der Waals surface area contributed by atoms with Crippen molar-refractivity contribution in [3.63, 3.8) is 0 Å². The van der Waals surface area contributed by atoms with Crippen molar-refractivity contribution in [1.82, 2.24) is 29.5 Å². The molecule has 24 heavy (non-hydrogen) atoms. The lowest BCUT2D eigenvalue weighted by atomic mass is 10.2. The monoisotopic (exact) mass is 349 g/mol. The molecule has 0 amide bonds. The van der Waals surface area contributed by atoms with Crippen molar-refractivity contribution >= 4 is 17.6 Å². The molecule has 0 bridgehead atoms. The van der Waals surface area contributed by atoms with Crippen LogP contribution < -0.4 is 5.32 Å². The minimum atomic E-state index is 0.623. The predicted octanol–water partition coefficient (Wildman–Crippen LogP) is 1.81. The fourth-order valence-electron chi connectivity index (χ4n) is 3.08. The molecule has 0 saturated heterocycles. The summed E-state index contributed by atoms with van der Waals surface area (Å²) in [7, 11) is 5.79. The Kier molecular flexibility index (Phi) is 5.08. The number of aromatic nitrogens is 4. The zero-order valence-corrected chi connectivity index (χ0v) is 15.2. The number of hydrogen-bond acceptors (Lipinski definition) is 3. The van der Waals surface area contributed by atoms with Gasteiger partial charge in [-0.1, -0.05) is 11.6 Å². The van der Waals surface area contributed by atoms with Crippen LogP contribution in [-0.2, 0) is 33.1 Å². The molecule has 0 atom stereocenters. The van der Waals surface area contributed by atoms with E-state index in [1.54, 1.807) is 7.05 Å². The first kappa shape index (κ1) is 16.8. The van der Waals surface area contributed by atoms with Gasteiger partial charge in [0.1, 0.15) is 5.82 Å². The summed E-state index contributed by atoms with van der Waals surface area (Å²) >= 11 is 6.06. The average molecular weight is 350 g/mol. The SMILES string of the molecule is CN=C(NCc1nnc2n1CCCC2)N(C)Cc1cc(Cl)cn1C. The minimum Gasteiger partial charge on any atom is -0.351 e. The van der Waals surface area contributed by atoms with Gasteiger partial charge >= 0.3 is 0 Å². The molecule has 0 radical (unpaired) electrons. The molecule has 2 aromatic heterocycles. The first-order valence-electron chi connectivity index (χ1n) is 8.22. The van der Waals surface area contributed by atoms with Crippen molar-refractivity contribution in [2.24, 2.45) is 12.0 Å². The number of fused-ring (bicyclic) bond motifs is 1. The number of rotatable bonds is 4. The molecule has 1 aliphatic rings. The number of halogens is 1. The third-order valence-electron chi connectivity index (χ3n) is 4.39. The molecule has 3 heterocycles.